The third-order valence-electron chi connectivity index (χ3n) is 2.87. The molecule has 2 heterocycles. The number of hydrogen-bond acceptors (Lipinski definition) is 6. The lowest BCUT2D eigenvalue weighted by Gasteiger charge is -2.22. The highest BCUT2D eigenvalue weighted by Gasteiger charge is 2.14. The molecule has 0 saturated heterocycles. The number of aromatic amines is 1. The first-order chi connectivity index (χ1) is 9.30. The van der Waals surface area contributed by atoms with E-state index in [1.165, 1.54) is 0 Å². The zero-order valence-corrected chi connectivity index (χ0v) is 11.3. The first-order valence-electron chi connectivity index (χ1n) is 6.60. The van der Waals surface area contributed by atoms with Crippen LogP contribution < -0.4 is 10.2 Å². The molecule has 2 aromatic heterocycles. The molecule has 0 saturated carbocycles. The molecule has 104 valence electrons. The topological polar surface area (TPSA) is 90.0 Å². The maximum atomic E-state index is 8.98. The molecule has 0 fully saturated rings. The van der Waals surface area contributed by atoms with Crippen molar-refractivity contribution in [3.63, 3.8) is 0 Å². The van der Waals surface area contributed by atoms with Gasteiger partial charge in [0.25, 0.3) is 0 Å². The number of anilines is 2. The van der Waals surface area contributed by atoms with Gasteiger partial charge < -0.3 is 20.3 Å². The van der Waals surface area contributed by atoms with Crippen LogP contribution in [0, 0.1) is 0 Å². The first-order valence-corrected chi connectivity index (χ1v) is 6.60. The minimum Gasteiger partial charge on any atom is -0.396 e. The van der Waals surface area contributed by atoms with Crippen LogP contribution >= 0.6 is 0 Å². The molecular weight excluding hydrogens is 244 g/mol. The van der Waals surface area contributed by atoms with E-state index in [-0.39, 0.29) is 6.61 Å². The van der Waals surface area contributed by atoms with Crippen LogP contribution in [0.25, 0.3) is 11.2 Å². The molecule has 0 unspecified atom stereocenters. The Labute approximate surface area is 112 Å². The number of aliphatic hydroxyl groups is 1. The quantitative estimate of drug-likeness (QED) is 0.691. The zero-order valence-electron chi connectivity index (χ0n) is 11.3. The monoisotopic (exact) mass is 264 g/mol. The van der Waals surface area contributed by atoms with Crippen molar-refractivity contribution in [2.75, 3.05) is 36.5 Å². The van der Waals surface area contributed by atoms with E-state index in [1.807, 2.05) is 6.92 Å². The van der Waals surface area contributed by atoms with E-state index in [9.17, 15) is 0 Å². The molecule has 0 aliphatic carbocycles. The van der Waals surface area contributed by atoms with Crippen LogP contribution in [-0.4, -0.2) is 51.3 Å². The van der Waals surface area contributed by atoms with E-state index in [2.05, 4.69) is 37.1 Å². The Balaban J connectivity index is 2.40. The van der Waals surface area contributed by atoms with Crippen LogP contribution in [0.2, 0.25) is 0 Å². The van der Waals surface area contributed by atoms with E-state index in [0.717, 1.165) is 31.0 Å². The van der Waals surface area contributed by atoms with E-state index in [0.29, 0.717) is 18.0 Å². The lowest BCUT2D eigenvalue weighted by molar-refractivity contribution is 0.289. The summed E-state index contributed by atoms with van der Waals surface area (Å²) in [5.74, 6) is 1.41. The Morgan fingerprint density at radius 1 is 1.37 bits per heavy atom. The number of nitrogens with zero attached hydrogens (tertiary/aromatic N) is 4. The molecule has 0 aliphatic rings. The summed E-state index contributed by atoms with van der Waals surface area (Å²) in [6.45, 7) is 6.57. The van der Waals surface area contributed by atoms with Crippen LogP contribution in [0.4, 0.5) is 11.8 Å². The summed E-state index contributed by atoms with van der Waals surface area (Å²) in [4.78, 5) is 18.3. The third-order valence-corrected chi connectivity index (χ3v) is 2.87. The average molecular weight is 264 g/mol. The van der Waals surface area contributed by atoms with Gasteiger partial charge in [0.05, 0.1) is 6.33 Å². The summed E-state index contributed by atoms with van der Waals surface area (Å²) in [7, 11) is 0. The number of aliphatic hydroxyl groups excluding tert-OH is 1. The molecular formula is C12H20N6O. The molecule has 3 N–H and O–H groups in total. The molecule has 19 heavy (non-hydrogen) atoms. The van der Waals surface area contributed by atoms with Gasteiger partial charge in [-0.05, 0) is 20.3 Å². The average Bonchev–Trinajstić information content (AvgIpc) is 2.88. The molecule has 0 aromatic carbocycles. The number of imidazole rings is 1. The zero-order chi connectivity index (χ0) is 13.7. The van der Waals surface area contributed by atoms with Gasteiger partial charge in [-0.15, -0.1) is 0 Å². The fourth-order valence-electron chi connectivity index (χ4n) is 1.96. The highest BCUT2D eigenvalue weighted by molar-refractivity contribution is 5.84. The van der Waals surface area contributed by atoms with Crippen molar-refractivity contribution in [3.05, 3.63) is 6.33 Å². The Bertz CT molecular complexity index is 526. The molecule has 0 radical (unpaired) electrons. The molecule has 0 amide bonds. The fraction of sp³-hybridized carbons (Fsp3) is 0.583. The van der Waals surface area contributed by atoms with Crippen molar-refractivity contribution in [1.82, 2.24) is 19.9 Å². The molecule has 0 atom stereocenters. The second kappa shape index (κ2) is 6.33. The maximum absolute atomic E-state index is 8.98. The smallest absolute Gasteiger partial charge is 0.226 e. The maximum Gasteiger partial charge on any atom is 0.226 e. The number of rotatable bonds is 7. The number of H-pyrrole nitrogens is 1. The molecule has 0 aliphatic heterocycles. The van der Waals surface area contributed by atoms with E-state index >= 15 is 0 Å². The number of fused-ring (bicyclic) bond motifs is 1. The Hall–Kier alpha value is -1.89. The summed E-state index contributed by atoms with van der Waals surface area (Å²) < 4.78 is 0. The van der Waals surface area contributed by atoms with Gasteiger partial charge in [-0.2, -0.15) is 9.97 Å². The van der Waals surface area contributed by atoms with Gasteiger partial charge in [-0.1, -0.05) is 0 Å². The molecule has 2 aromatic rings. The summed E-state index contributed by atoms with van der Waals surface area (Å²) in [6.07, 6.45) is 2.34. The van der Waals surface area contributed by atoms with Crippen LogP contribution in [-0.2, 0) is 0 Å². The minimum absolute atomic E-state index is 0.174. The summed E-state index contributed by atoms with van der Waals surface area (Å²) in [5, 5.41) is 12.1. The van der Waals surface area contributed by atoms with Gasteiger partial charge in [0.15, 0.2) is 11.5 Å². The number of hydrogen-bond donors (Lipinski definition) is 3. The Morgan fingerprint density at radius 2 is 2.21 bits per heavy atom. The molecule has 0 bridgehead atoms. The van der Waals surface area contributed by atoms with E-state index in [1.54, 1.807) is 6.33 Å². The van der Waals surface area contributed by atoms with E-state index < -0.39 is 0 Å². The van der Waals surface area contributed by atoms with Crippen molar-refractivity contribution in [3.8, 4) is 0 Å². The second-order valence-electron chi connectivity index (χ2n) is 4.16. The van der Waals surface area contributed by atoms with Crippen molar-refractivity contribution < 1.29 is 5.11 Å². The molecule has 0 spiro atoms. The normalized spacial score (nSPS) is 10.9. The molecule has 7 heteroatoms. The third kappa shape index (κ3) is 2.93. The fourth-order valence-corrected chi connectivity index (χ4v) is 1.96. The van der Waals surface area contributed by atoms with Crippen LogP contribution in [0.5, 0.6) is 0 Å². The van der Waals surface area contributed by atoms with Gasteiger partial charge >= 0.3 is 0 Å². The Kier molecular flexibility index (Phi) is 4.51. The van der Waals surface area contributed by atoms with Gasteiger partial charge in [-0.25, -0.2) is 4.98 Å². The van der Waals surface area contributed by atoms with Crippen LogP contribution in [0.1, 0.15) is 20.3 Å². The molecule has 7 nitrogen and oxygen atoms in total. The van der Waals surface area contributed by atoms with Gasteiger partial charge in [0.1, 0.15) is 5.52 Å². The van der Waals surface area contributed by atoms with Gasteiger partial charge in [0.2, 0.25) is 5.95 Å². The highest BCUT2D eigenvalue weighted by atomic mass is 16.3. The lowest BCUT2D eigenvalue weighted by Crippen LogP contribution is -2.26. The Morgan fingerprint density at radius 3 is 2.89 bits per heavy atom. The van der Waals surface area contributed by atoms with Crippen molar-refractivity contribution in [2.45, 2.75) is 20.3 Å². The second-order valence-corrected chi connectivity index (χ2v) is 4.16. The SMILES string of the molecule is CCNc1nc(N(CC)CCCO)c2[nH]cnc2n1. The summed E-state index contributed by atoms with van der Waals surface area (Å²) in [5.41, 5.74) is 1.49. The summed E-state index contributed by atoms with van der Waals surface area (Å²) in [6, 6.07) is 0. The largest absolute Gasteiger partial charge is 0.396 e. The molecule has 2 rings (SSSR count). The van der Waals surface area contributed by atoms with Crippen LogP contribution in [0.15, 0.2) is 6.33 Å². The predicted molar refractivity (Wildman–Crippen MR) is 75.4 cm³/mol. The van der Waals surface area contributed by atoms with Crippen molar-refractivity contribution in [2.24, 2.45) is 0 Å². The van der Waals surface area contributed by atoms with Crippen molar-refractivity contribution in [1.29, 1.82) is 0 Å². The highest BCUT2D eigenvalue weighted by Crippen LogP contribution is 2.22. The van der Waals surface area contributed by atoms with E-state index in [4.69, 9.17) is 5.11 Å². The number of nitrogens with one attached hydrogen (secondary N) is 2. The minimum atomic E-state index is 0.174. The first kappa shape index (κ1) is 13.5. The predicted octanol–water partition coefficient (Wildman–Crippen LogP) is 0.993. The van der Waals surface area contributed by atoms with Gasteiger partial charge in [0, 0.05) is 26.2 Å². The number of aromatic nitrogens is 4. The van der Waals surface area contributed by atoms with Crippen molar-refractivity contribution >= 4 is 22.9 Å². The van der Waals surface area contributed by atoms with Gasteiger partial charge in [-0.3, -0.25) is 0 Å². The standard InChI is InChI=1S/C12H20N6O/c1-3-13-12-16-10-9(14-8-15-10)11(17-12)18(4-2)6-5-7-19/h8,19H,3-7H2,1-2H3,(H2,13,14,15,16,17). The lowest BCUT2D eigenvalue weighted by atomic mass is 10.3. The summed E-state index contributed by atoms with van der Waals surface area (Å²) >= 11 is 0. The van der Waals surface area contributed by atoms with Crippen LogP contribution in [0.3, 0.4) is 0 Å².